The van der Waals surface area contributed by atoms with Crippen molar-refractivity contribution in [2.45, 2.75) is 50.5 Å². The van der Waals surface area contributed by atoms with Crippen LogP contribution in [-0.2, 0) is 11.8 Å². The highest BCUT2D eigenvalue weighted by Gasteiger charge is 2.37. The van der Waals surface area contributed by atoms with Crippen molar-refractivity contribution in [3.05, 3.63) is 30.2 Å². The summed E-state index contributed by atoms with van der Waals surface area (Å²) in [7, 11) is 1.93. The van der Waals surface area contributed by atoms with E-state index in [4.69, 9.17) is 4.74 Å². The zero-order valence-electron chi connectivity index (χ0n) is 17.4. The molecule has 2 fully saturated rings. The van der Waals surface area contributed by atoms with E-state index in [1.54, 1.807) is 0 Å². The lowest BCUT2D eigenvalue weighted by Crippen LogP contribution is -2.49. The van der Waals surface area contributed by atoms with Crippen molar-refractivity contribution < 1.29 is 4.74 Å². The van der Waals surface area contributed by atoms with Gasteiger partial charge in [0.15, 0.2) is 5.65 Å². The highest BCUT2D eigenvalue weighted by atomic mass is 16.5. The van der Waals surface area contributed by atoms with E-state index >= 15 is 0 Å². The molecular formula is C22H30N6O. The van der Waals surface area contributed by atoms with Crippen LogP contribution in [0.5, 0.6) is 0 Å². The third-order valence-corrected chi connectivity index (χ3v) is 6.94. The molecule has 7 heteroatoms. The molecule has 0 amide bonds. The smallest absolute Gasteiger partial charge is 0.181 e. The van der Waals surface area contributed by atoms with Crippen LogP contribution in [0.25, 0.3) is 22.3 Å². The predicted octanol–water partition coefficient (Wildman–Crippen LogP) is 3.50. The standard InChI is InChI=1S/C22H30N6O/c1-22(28-8-3-10-29-11-9-28)6-4-16(5-7-22)17-12-19-20(18-14-24-27(2)15-18)25-26-21(19)23-13-17/h12-16H,3-11H2,1-2H3,(H,23,25,26). The van der Waals surface area contributed by atoms with E-state index in [1.807, 2.05) is 30.3 Å². The van der Waals surface area contributed by atoms with E-state index in [9.17, 15) is 0 Å². The first kappa shape index (κ1) is 18.8. The van der Waals surface area contributed by atoms with Crippen LogP contribution in [0.2, 0.25) is 0 Å². The molecule has 0 radical (unpaired) electrons. The highest BCUT2D eigenvalue weighted by Crippen LogP contribution is 2.41. The minimum Gasteiger partial charge on any atom is -0.380 e. The Bertz CT molecular complexity index is 976. The number of H-pyrrole nitrogens is 1. The number of rotatable bonds is 3. The Morgan fingerprint density at radius 2 is 2.03 bits per heavy atom. The number of aromatic nitrogens is 5. The second kappa shape index (κ2) is 7.54. The maximum atomic E-state index is 5.67. The van der Waals surface area contributed by atoms with Crippen molar-refractivity contribution in [2.24, 2.45) is 7.05 Å². The summed E-state index contributed by atoms with van der Waals surface area (Å²) in [6.45, 7) is 6.46. The molecule has 1 aliphatic heterocycles. The number of fused-ring (bicyclic) bond motifs is 1. The Kier molecular flexibility index (Phi) is 4.87. The lowest BCUT2D eigenvalue weighted by molar-refractivity contribution is 0.0550. The largest absolute Gasteiger partial charge is 0.380 e. The van der Waals surface area contributed by atoms with Crippen molar-refractivity contribution >= 4 is 11.0 Å². The van der Waals surface area contributed by atoms with Gasteiger partial charge < -0.3 is 4.74 Å². The van der Waals surface area contributed by atoms with Crippen LogP contribution >= 0.6 is 0 Å². The number of aryl methyl sites for hydroxylation is 1. The Hall–Kier alpha value is -2.25. The Balaban J connectivity index is 1.35. The quantitative estimate of drug-likeness (QED) is 0.736. The predicted molar refractivity (Wildman–Crippen MR) is 113 cm³/mol. The molecule has 5 rings (SSSR count). The molecule has 0 aromatic carbocycles. The number of nitrogens with zero attached hydrogens (tertiary/aromatic N) is 5. The average Bonchev–Trinajstić information content (AvgIpc) is 3.24. The van der Waals surface area contributed by atoms with Crippen LogP contribution < -0.4 is 0 Å². The fraction of sp³-hybridized carbons (Fsp3) is 0.591. The zero-order valence-corrected chi connectivity index (χ0v) is 17.4. The fourth-order valence-corrected chi connectivity index (χ4v) is 5.08. The topological polar surface area (TPSA) is 71.9 Å². The second-order valence-corrected chi connectivity index (χ2v) is 8.87. The number of hydrogen-bond donors (Lipinski definition) is 1. The van der Waals surface area contributed by atoms with Gasteiger partial charge in [-0.15, -0.1) is 0 Å². The van der Waals surface area contributed by atoms with Crippen molar-refractivity contribution in [1.82, 2.24) is 29.9 Å². The van der Waals surface area contributed by atoms with E-state index in [0.717, 1.165) is 55.0 Å². The fourth-order valence-electron chi connectivity index (χ4n) is 5.08. The molecule has 3 aromatic rings. The van der Waals surface area contributed by atoms with Crippen LogP contribution in [0.3, 0.4) is 0 Å². The van der Waals surface area contributed by atoms with Crippen LogP contribution in [0.4, 0.5) is 0 Å². The summed E-state index contributed by atoms with van der Waals surface area (Å²) in [5, 5.41) is 12.9. The van der Waals surface area contributed by atoms with Crippen molar-refractivity contribution in [2.75, 3.05) is 26.3 Å². The van der Waals surface area contributed by atoms with Gasteiger partial charge in [0.1, 0.15) is 0 Å². The number of aromatic amines is 1. The van der Waals surface area contributed by atoms with E-state index in [-0.39, 0.29) is 0 Å². The number of nitrogens with one attached hydrogen (secondary N) is 1. The minimum atomic E-state index is 0.304. The lowest BCUT2D eigenvalue weighted by Gasteiger charge is -2.45. The molecule has 1 aliphatic carbocycles. The van der Waals surface area contributed by atoms with Gasteiger partial charge in [-0.25, -0.2) is 4.98 Å². The molecule has 0 bridgehead atoms. The molecule has 29 heavy (non-hydrogen) atoms. The van der Waals surface area contributed by atoms with E-state index in [2.05, 4.69) is 38.2 Å². The van der Waals surface area contributed by atoms with Crippen molar-refractivity contribution in [3.63, 3.8) is 0 Å². The minimum absolute atomic E-state index is 0.304. The Morgan fingerprint density at radius 3 is 2.83 bits per heavy atom. The lowest BCUT2D eigenvalue weighted by atomic mass is 9.74. The summed E-state index contributed by atoms with van der Waals surface area (Å²) >= 11 is 0. The summed E-state index contributed by atoms with van der Waals surface area (Å²) in [4.78, 5) is 7.33. The summed E-state index contributed by atoms with van der Waals surface area (Å²) in [6.07, 6.45) is 11.9. The summed E-state index contributed by atoms with van der Waals surface area (Å²) < 4.78 is 7.48. The van der Waals surface area contributed by atoms with Gasteiger partial charge in [-0.1, -0.05) is 0 Å². The number of hydrogen-bond acceptors (Lipinski definition) is 5. The molecule has 1 saturated heterocycles. The molecule has 0 unspecified atom stereocenters. The van der Waals surface area contributed by atoms with Gasteiger partial charge in [-0.05, 0) is 56.6 Å². The van der Waals surface area contributed by atoms with Crippen molar-refractivity contribution in [3.8, 4) is 11.3 Å². The van der Waals surface area contributed by atoms with Crippen LogP contribution in [0.1, 0.15) is 50.5 Å². The third kappa shape index (κ3) is 3.57. The number of ether oxygens (including phenoxy) is 1. The van der Waals surface area contributed by atoms with Gasteiger partial charge in [0.2, 0.25) is 0 Å². The molecule has 1 N–H and O–H groups in total. The SMILES string of the molecule is Cn1cc(-c2[nH]nc3ncc(C4CCC(C)(N5CCCOCC5)CC4)cc23)cn1. The monoisotopic (exact) mass is 394 g/mol. The summed E-state index contributed by atoms with van der Waals surface area (Å²) in [6, 6.07) is 2.29. The van der Waals surface area contributed by atoms with Crippen LogP contribution in [0.15, 0.2) is 24.7 Å². The molecule has 0 atom stereocenters. The molecule has 1 saturated carbocycles. The van der Waals surface area contributed by atoms with Crippen LogP contribution in [-0.4, -0.2) is 61.7 Å². The molecule has 3 aromatic heterocycles. The van der Waals surface area contributed by atoms with E-state index in [0.29, 0.717) is 11.5 Å². The third-order valence-electron chi connectivity index (χ3n) is 6.94. The van der Waals surface area contributed by atoms with Gasteiger partial charge in [0, 0.05) is 55.6 Å². The Morgan fingerprint density at radius 1 is 1.17 bits per heavy atom. The average molecular weight is 395 g/mol. The Labute approximate surface area is 171 Å². The first-order valence-electron chi connectivity index (χ1n) is 10.8. The normalized spacial score (nSPS) is 26.6. The summed E-state index contributed by atoms with van der Waals surface area (Å²) in [5.41, 5.74) is 4.47. The summed E-state index contributed by atoms with van der Waals surface area (Å²) in [5.74, 6) is 0.569. The van der Waals surface area contributed by atoms with Crippen LogP contribution in [0, 0.1) is 0 Å². The maximum absolute atomic E-state index is 5.67. The van der Waals surface area contributed by atoms with Gasteiger partial charge in [0.25, 0.3) is 0 Å². The molecule has 154 valence electrons. The highest BCUT2D eigenvalue weighted by molar-refractivity contribution is 5.90. The molecular weight excluding hydrogens is 364 g/mol. The van der Waals surface area contributed by atoms with Gasteiger partial charge in [-0.2, -0.15) is 10.2 Å². The molecule has 0 spiro atoms. The second-order valence-electron chi connectivity index (χ2n) is 8.87. The first-order chi connectivity index (χ1) is 14.1. The van der Waals surface area contributed by atoms with E-state index in [1.165, 1.54) is 31.2 Å². The van der Waals surface area contributed by atoms with E-state index < -0.39 is 0 Å². The molecule has 7 nitrogen and oxygen atoms in total. The van der Waals surface area contributed by atoms with Crippen molar-refractivity contribution in [1.29, 1.82) is 0 Å². The van der Waals surface area contributed by atoms with Gasteiger partial charge >= 0.3 is 0 Å². The maximum Gasteiger partial charge on any atom is 0.181 e. The van der Waals surface area contributed by atoms with Gasteiger partial charge in [0.05, 0.1) is 18.5 Å². The van der Waals surface area contributed by atoms with Gasteiger partial charge in [-0.3, -0.25) is 14.7 Å². The number of pyridine rings is 1. The zero-order chi connectivity index (χ0) is 19.8. The molecule has 4 heterocycles. The first-order valence-corrected chi connectivity index (χ1v) is 10.8. The molecule has 2 aliphatic rings.